The highest BCUT2D eigenvalue weighted by Gasteiger charge is 2.11. The Bertz CT molecular complexity index is 602. The number of aromatic carboxylic acids is 1. The van der Waals surface area contributed by atoms with Crippen LogP contribution >= 0.6 is 0 Å². The molecule has 0 aliphatic carbocycles. The molecule has 19 heavy (non-hydrogen) atoms. The van der Waals surface area contributed by atoms with Gasteiger partial charge in [-0.15, -0.1) is 0 Å². The fraction of sp³-hybridized carbons (Fsp3) is 0.143. The summed E-state index contributed by atoms with van der Waals surface area (Å²) in [6.45, 7) is 1.80. The lowest BCUT2D eigenvalue weighted by Gasteiger charge is -2.16. The van der Waals surface area contributed by atoms with Crippen molar-refractivity contribution in [2.45, 2.75) is 13.0 Å². The first-order chi connectivity index (χ1) is 9.08. The Kier molecular flexibility index (Phi) is 3.75. The van der Waals surface area contributed by atoms with Gasteiger partial charge in [0.15, 0.2) is 0 Å². The molecule has 5 heteroatoms. The number of carbonyl (C=O) groups is 1. The van der Waals surface area contributed by atoms with E-state index in [1.54, 1.807) is 31.2 Å². The molecular formula is C14H13FN2O2. The Balaban J connectivity index is 2.19. The molecule has 2 aromatic rings. The van der Waals surface area contributed by atoms with Crippen LogP contribution in [-0.4, -0.2) is 16.1 Å². The largest absolute Gasteiger partial charge is 0.477 e. The number of carboxylic acid groups (broad SMARTS) is 1. The van der Waals surface area contributed by atoms with E-state index in [0.29, 0.717) is 11.3 Å². The molecule has 4 nitrogen and oxygen atoms in total. The fourth-order valence-electron chi connectivity index (χ4n) is 1.79. The molecule has 2 rings (SSSR count). The number of benzene rings is 1. The molecule has 0 fully saturated rings. The molecule has 0 saturated carbocycles. The van der Waals surface area contributed by atoms with Crippen LogP contribution in [0.2, 0.25) is 0 Å². The van der Waals surface area contributed by atoms with E-state index < -0.39 is 5.97 Å². The summed E-state index contributed by atoms with van der Waals surface area (Å²) in [5, 5.41) is 11.9. The van der Waals surface area contributed by atoms with Gasteiger partial charge in [-0.05, 0) is 25.1 Å². The van der Waals surface area contributed by atoms with E-state index in [2.05, 4.69) is 10.3 Å². The van der Waals surface area contributed by atoms with Crippen LogP contribution in [0, 0.1) is 5.82 Å². The standard InChI is InChI=1S/C14H13FN2O2/c1-9(11-4-2-3-5-12(11)15)17-10-6-7-16-13(8-10)14(18)19/h2-9H,1H3,(H,16,17)(H,18,19). The fourth-order valence-corrected chi connectivity index (χ4v) is 1.79. The smallest absolute Gasteiger partial charge is 0.354 e. The number of anilines is 1. The average Bonchev–Trinajstić information content (AvgIpc) is 2.39. The molecule has 1 unspecified atom stereocenters. The number of hydrogen-bond acceptors (Lipinski definition) is 3. The third-order valence-corrected chi connectivity index (χ3v) is 2.73. The number of rotatable bonds is 4. The highest BCUT2D eigenvalue weighted by Crippen LogP contribution is 2.21. The lowest BCUT2D eigenvalue weighted by atomic mass is 10.1. The Hall–Kier alpha value is -2.43. The third-order valence-electron chi connectivity index (χ3n) is 2.73. The van der Waals surface area contributed by atoms with E-state index in [1.165, 1.54) is 18.3 Å². The van der Waals surface area contributed by atoms with Crippen LogP contribution in [-0.2, 0) is 0 Å². The lowest BCUT2D eigenvalue weighted by Crippen LogP contribution is -2.09. The van der Waals surface area contributed by atoms with Crippen LogP contribution < -0.4 is 5.32 Å². The summed E-state index contributed by atoms with van der Waals surface area (Å²) in [5.41, 5.74) is 1.06. The normalized spacial score (nSPS) is 11.9. The zero-order valence-corrected chi connectivity index (χ0v) is 10.3. The summed E-state index contributed by atoms with van der Waals surface area (Å²) in [7, 11) is 0. The number of halogens is 1. The van der Waals surface area contributed by atoms with Gasteiger partial charge in [0.2, 0.25) is 0 Å². The molecule has 1 aromatic carbocycles. The van der Waals surface area contributed by atoms with E-state index in [4.69, 9.17) is 5.11 Å². The van der Waals surface area contributed by atoms with Gasteiger partial charge in [-0.25, -0.2) is 14.2 Å². The van der Waals surface area contributed by atoms with Crippen LogP contribution in [0.1, 0.15) is 29.0 Å². The first kappa shape index (κ1) is 13.0. The topological polar surface area (TPSA) is 62.2 Å². The van der Waals surface area contributed by atoms with Crippen LogP contribution in [0.3, 0.4) is 0 Å². The van der Waals surface area contributed by atoms with Crippen molar-refractivity contribution in [3.8, 4) is 0 Å². The highest BCUT2D eigenvalue weighted by molar-refractivity contribution is 5.86. The van der Waals surface area contributed by atoms with Gasteiger partial charge in [-0.2, -0.15) is 0 Å². The van der Waals surface area contributed by atoms with Gasteiger partial charge < -0.3 is 10.4 Å². The van der Waals surface area contributed by atoms with Gasteiger partial charge in [-0.3, -0.25) is 0 Å². The van der Waals surface area contributed by atoms with Crippen LogP contribution in [0.15, 0.2) is 42.6 Å². The Morgan fingerprint density at radius 1 is 1.37 bits per heavy atom. The quantitative estimate of drug-likeness (QED) is 0.886. The summed E-state index contributed by atoms with van der Waals surface area (Å²) in [6.07, 6.45) is 1.40. The minimum Gasteiger partial charge on any atom is -0.477 e. The van der Waals surface area contributed by atoms with Gasteiger partial charge in [0, 0.05) is 17.4 Å². The molecule has 0 aliphatic heterocycles. The Morgan fingerprint density at radius 3 is 2.79 bits per heavy atom. The second-order valence-electron chi connectivity index (χ2n) is 4.12. The van der Waals surface area contributed by atoms with Crippen molar-refractivity contribution in [1.82, 2.24) is 4.98 Å². The monoisotopic (exact) mass is 260 g/mol. The molecule has 0 aliphatic rings. The minimum absolute atomic E-state index is 0.0502. The van der Waals surface area contributed by atoms with Gasteiger partial charge in [0.05, 0.1) is 6.04 Å². The van der Waals surface area contributed by atoms with Crippen LogP contribution in [0.4, 0.5) is 10.1 Å². The van der Waals surface area contributed by atoms with Crippen molar-refractivity contribution in [2.24, 2.45) is 0 Å². The number of carboxylic acids is 1. The predicted molar refractivity (Wildman–Crippen MR) is 69.6 cm³/mol. The van der Waals surface area contributed by atoms with Crippen molar-refractivity contribution >= 4 is 11.7 Å². The summed E-state index contributed by atoms with van der Waals surface area (Å²) in [5.74, 6) is -1.39. The molecule has 1 heterocycles. The second kappa shape index (κ2) is 5.48. The number of pyridine rings is 1. The van der Waals surface area contributed by atoms with Crippen molar-refractivity contribution in [2.75, 3.05) is 5.32 Å². The van der Waals surface area contributed by atoms with Crippen LogP contribution in [0.5, 0.6) is 0 Å². The van der Waals surface area contributed by atoms with Crippen LogP contribution in [0.25, 0.3) is 0 Å². The molecule has 1 atom stereocenters. The maximum Gasteiger partial charge on any atom is 0.354 e. The molecule has 98 valence electrons. The molecule has 0 saturated heterocycles. The predicted octanol–water partition coefficient (Wildman–Crippen LogP) is 3.09. The number of hydrogen-bond donors (Lipinski definition) is 2. The van der Waals surface area contributed by atoms with Gasteiger partial charge in [0.1, 0.15) is 11.5 Å². The molecular weight excluding hydrogens is 247 g/mol. The maximum absolute atomic E-state index is 13.6. The zero-order chi connectivity index (χ0) is 13.8. The third kappa shape index (κ3) is 3.07. The molecule has 0 radical (unpaired) electrons. The van der Waals surface area contributed by atoms with E-state index >= 15 is 0 Å². The van der Waals surface area contributed by atoms with E-state index in [1.807, 2.05) is 0 Å². The Morgan fingerprint density at radius 2 is 2.11 bits per heavy atom. The first-order valence-electron chi connectivity index (χ1n) is 5.78. The number of aromatic nitrogens is 1. The van der Waals surface area contributed by atoms with Gasteiger partial charge >= 0.3 is 5.97 Å². The summed E-state index contributed by atoms with van der Waals surface area (Å²) in [6, 6.07) is 9.25. The highest BCUT2D eigenvalue weighted by atomic mass is 19.1. The average molecular weight is 260 g/mol. The number of nitrogens with zero attached hydrogens (tertiary/aromatic N) is 1. The molecule has 0 amide bonds. The number of nitrogens with one attached hydrogen (secondary N) is 1. The molecule has 1 aromatic heterocycles. The first-order valence-corrected chi connectivity index (χ1v) is 5.78. The molecule has 0 spiro atoms. The van der Waals surface area contributed by atoms with E-state index in [9.17, 15) is 9.18 Å². The summed E-state index contributed by atoms with van der Waals surface area (Å²) < 4.78 is 13.6. The summed E-state index contributed by atoms with van der Waals surface area (Å²) >= 11 is 0. The molecule has 2 N–H and O–H groups in total. The van der Waals surface area contributed by atoms with E-state index in [-0.39, 0.29) is 17.6 Å². The maximum atomic E-state index is 13.6. The van der Waals surface area contributed by atoms with Crippen molar-refractivity contribution in [3.05, 3.63) is 59.7 Å². The summed E-state index contributed by atoms with van der Waals surface area (Å²) in [4.78, 5) is 14.5. The van der Waals surface area contributed by atoms with E-state index in [0.717, 1.165) is 0 Å². The van der Waals surface area contributed by atoms with Gasteiger partial charge in [-0.1, -0.05) is 18.2 Å². The molecule has 0 bridgehead atoms. The minimum atomic E-state index is -1.10. The Labute approximate surface area is 109 Å². The lowest BCUT2D eigenvalue weighted by molar-refractivity contribution is 0.0690. The van der Waals surface area contributed by atoms with Gasteiger partial charge in [0.25, 0.3) is 0 Å². The van der Waals surface area contributed by atoms with Crippen molar-refractivity contribution in [3.63, 3.8) is 0 Å². The zero-order valence-electron chi connectivity index (χ0n) is 10.3. The SMILES string of the molecule is CC(Nc1ccnc(C(=O)O)c1)c1ccccc1F. The second-order valence-corrected chi connectivity index (χ2v) is 4.12. The van der Waals surface area contributed by atoms with Crippen molar-refractivity contribution in [1.29, 1.82) is 0 Å². The van der Waals surface area contributed by atoms with Crippen molar-refractivity contribution < 1.29 is 14.3 Å².